The SMILES string of the molecule is CC.CC.CC.CC.CC.CCC.CCC(C)C(C(C)CC)(C(F)(F)F)C(F)(F)F. The van der Waals surface area contributed by atoms with Gasteiger partial charge in [0.05, 0.1) is 0 Å². The van der Waals surface area contributed by atoms with Crippen LogP contribution in [0.25, 0.3) is 0 Å². The fourth-order valence-electron chi connectivity index (χ4n) is 2.41. The van der Waals surface area contributed by atoms with Crippen molar-refractivity contribution in [2.75, 3.05) is 0 Å². The van der Waals surface area contributed by atoms with Crippen LogP contribution < -0.4 is 0 Å². The van der Waals surface area contributed by atoms with E-state index in [1.165, 1.54) is 20.3 Å². The van der Waals surface area contributed by atoms with Crippen LogP contribution in [0.1, 0.15) is 130 Å². The Hall–Kier alpha value is -0.420. The minimum absolute atomic E-state index is 0.163. The molecule has 0 aromatic carbocycles. The van der Waals surface area contributed by atoms with Crippen LogP contribution >= 0.6 is 0 Å². The van der Waals surface area contributed by atoms with Crippen LogP contribution in [0.5, 0.6) is 0 Å². The summed E-state index contributed by atoms with van der Waals surface area (Å²) in [6.07, 6.45) is -9.64. The van der Waals surface area contributed by atoms with Crippen LogP contribution in [0.2, 0.25) is 0 Å². The highest BCUT2D eigenvalue weighted by Gasteiger charge is 2.74. The molecule has 0 fully saturated rings. The molecule has 0 aromatic heterocycles. The molecular weight excluding hydrogens is 402 g/mol. The fourth-order valence-corrected chi connectivity index (χ4v) is 2.41. The lowest BCUT2D eigenvalue weighted by Gasteiger charge is -2.45. The van der Waals surface area contributed by atoms with Crippen molar-refractivity contribution in [3.8, 4) is 0 Å². The van der Waals surface area contributed by atoms with Gasteiger partial charge in [0.1, 0.15) is 0 Å². The van der Waals surface area contributed by atoms with Crippen LogP contribution in [-0.4, -0.2) is 12.4 Å². The molecule has 194 valence electrons. The second-order valence-corrected chi connectivity index (χ2v) is 5.19. The summed E-state index contributed by atoms with van der Waals surface area (Å²) in [6, 6.07) is 0. The first-order valence-corrected chi connectivity index (χ1v) is 12.0. The predicted octanol–water partition coefficient (Wildman–Crippen LogP) is 11.7. The van der Waals surface area contributed by atoms with Crippen LogP contribution in [0.15, 0.2) is 0 Å². The molecule has 0 radical (unpaired) electrons. The smallest absolute Gasteiger partial charge is 0.170 e. The predicted molar refractivity (Wildman–Crippen MR) is 126 cm³/mol. The molecule has 0 N–H and O–H groups in total. The third-order valence-corrected chi connectivity index (χ3v) is 3.72. The van der Waals surface area contributed by atoms with Crippen molar-refractivity contribution in [1.29, 1.82) is 0 Å². The van der Waals surface area contributed by atoms with Crippen LogP contribution in [-0.2, 0) is 0 Å². The molecule has 0 spiro atoms. The highest BCUT2D eigenvalue weighted by Crippen LogP contribution is 2.60. The second kappa shape index (κ2) is 30.8. The lowest BCUT2D eigenvalue weighted by Crippen LogP contribution is -2.58. The molecule has 0 aliphatic rings. The summed E-state index contributed by atoms with van der Waals surface area (Å²) in [5, 5.41) is 0. The van der Waals surface area contributed by atoms with E-state index in [0.717, 1.165) is 13.8 Å². The summed E-state index contributed by atoms with van der Waals surface area (Å²) in [5.41, 5.74) is -3.61. The maximum Gasteiger partial charge on any atom is 0.403 e. The molecule has 0 aliphatic carbocycles. The van der Waals surface area contributed by atoms with E-state index in [2.05, 4.69) is 13.8 Å². The summed E-state index contributed by atoms with van der Waals surface area (Å²) in [4.78, 5) is 0. The van der Waals surface area contributed by atoms with Gasteiger partial charge in [-0.2, -0.15) is 26.3 Å². The van der Waals surface area contributed by atoms with E-state index in [1.807, 2.05) is 69.2 Å². The van der Waals surface area contributed by atoms with E-state index in [1.54, 1.807) is 0 Å². The molecule has 0 nitrogen and oxygen atoms in total. The van der Waals surface area contributed by atoms with E-state index < -0.39 is 29.6 Å². The highest BCUT2D eigenvalue weighted by molar-refractivity contribution is 4.99. The van der Waals surface area contributed by atoms with Gasteiger partial charge in [-0.3, -0.25) is 0 Å². The number of rotatable bonds is 4. The lowest BCUT2D eigenvalue weighted by atomic mass is 9.64. The second-order valence-electron chi connectivity index (χ2n) is 5.19. The van der Waals surface area contributed by atoms with Crippen LogP contribution in [0.4, 0.5) is 26.3 Å². The van der Waals surface area contributed by atoms with Gasteiger partial charge >= 0.3 is 12.4 Å². The van der Waals surface area contributed by atoms with E-state index in [-0.39, 0.29) is 12.8 Å². The topological polar surface area (TPSA) is 0 Å². The first-order chi connectivity index (χ1) is 13.9. The van der Waals surface area contributed by atoms with Crippen molar-refractivity contribution in [3.63, 3.8) is 0 Å². The minimum Gasteiger partial charge on any atom is -0.170 e. The first-order valence-electron chi connectivity index (χ1n) is 12.0. The van der Waals surface area contributed by atoms with Crippen molar-refractivity contribution >= 4 is 0 Å². The summed E-state index contributed by atoms with van der Waals surface area (Å²) in [7, 11) is 0. The van der Waals surface area contributed by atoms with Gasteiger partial charge in [0.15, 0.2) is 5.41 Å². The molecule has 0 saturated heterocycles. The van der Waals surface area contributed by atoms with Crippen LogP contribution in [0, 0.1) is 17.3 Å². The Labute approximate surface area is 186 Å². The van der Waals surface area contributed by atoms with Gasteiger partial charge in [-0.15, -0.1) is 0 Å². The molecule has 0 saturated carbocycles. The lowest BCUT2D eigenvalue weighted by molar-refractivity contribution is -0.374. The molecule has 2 atom stereocenters. The number of hydrogen-bond donors (Lipinski definition) is 0. The molecule has 0 heterocycles. The number of hydrogen-bond acceptors (Lipinski definition) is 0. The number of halogens is 6. The zero-order chi connectivity index (χ0) is 26.8. The molecule has 6 heteroatoms. The third kappa shape index (κ3) is 17.3. The quantitative estimate of drug-likeness (QED) is 0.367. The standard InChI is InChI=1S/C11H18F6.C3H8.5C2H6/c1-5-7(3)9(8(4)6-2,10(12,13)14)11(15,16)17;1-3-2;5*1-2/h7-8H,5-6H2,1-4H3;3H2,1-2H3;5*1-2H3. The van der Waals surface area contributed by atoms with Gasteiger partial charge in [-0.25, -0.2) is 0 Å². The zero-order valence-corrected chi connectivity index (χ0v) is 23.0. The molecule has 30 heavy (non-hydrogen) atoms. The van der Waals surface area contributed by atoms with Crippen molar-refractivity contribution in [2.45, 2.75) is 142 Å². The minimum atomic E-state index is -5.28. The molecule has 0 amide bonds. The average Bonchev–Trinajstić information content (AvgIpc) is 2.74. The average molecular weight is 459 g/mol. The maximum atomic E-state index is 13.0. The van der Waals surface area contributed by atoms with Gasteiger partial charge in [-0.1, -0.05) is 130 Å². The van der Waals surface area contributed by atoms with E-state index in [4.69, 9.17) is 0 Å². The Bertz CT molecular complexity index is 231. The monoisotopic (exact) mass is 458 g/mol. The van der Waals surface area contributed by atoms with E-state index >= 15 is 0 Å². The van der Waals surface area contributed by atoms with Crippen LogP contribution in [0.3, 0.4) is 0 Å². The van der Waals surface area contributed by atoms with Crippen molar-refractivity contribution in [3.05, 3.63) is 0 Å². The summed E-state index contributed by atoms with van der Waals surface area (Å²) in [5.74, 6) is -2.98. The molecular formula is C24H56F6. The highest BCUT2D eigenvalue weighted by atomic mass is 19.4. The zero-order valence-electron chi connectivity index (χ0n) is 23.0. The Kier molecular flexibility index (Phi) is 48.6. The fraction of sp³-hybridized carbons (Fsp3) is 1.00. The summed E-state index contributed by atoms with van der Waals surface area (Å²) >= 11 is 0. The Balaban J connectivity index is -0.0000000682. The summed E-state index contributed by atoms with van der Waals surface area (Å²) < 4.78 is 78.2. The molecule has 2 unspecified atom stereocenters. The van der Waals surface area contributed by atoms with Crippen molar-refractivity contribution < 1.29 is 26.3 Å². The normalized spacial score (nSPS) is 11.8. The van der Waals surface area contributed by atoms with Gasteiger partial charge in [0.25, 0.3) is 0 Å². The van der Waals surface area contributed by atoms with E-state index in [9.17, 15) is 26.3 Å². The number of alkyl halides is 6. The van der Waals surface area contributed by atoms with Gasteiger partial charge in [0, 0.05) is 0 Å². The Morgan fingerprint density at radius 2 is 0.600 bits per heavy atom. The maximum absolute atomic E-state index is 13.0. The van der Waals surface area contributed by atoms with Gasteiger partial charge in [0.2, 0.25) is 0 Å². The van der Waals surface area contributed by atoms with E-state index in [0.29, 0.717) is 0 Å². The Morgan fingerprint density at radius 3 is 0.667 bits per heavy atom. The molecule has 0 rings (SSSR count). The molecule has 0 aromatic rings. The van der Waals surface area contributed by atoms with Gasteiger partial charge < -0.3 is 0 Å². The van der Waals surface area contributed by atoms with Crippen molar-refractivity contribution in [2.24, 2.45) is 17.3 Å². The largest absolute Gasteiger partial charge is 0.403 e. The Morgan fingerprint density at radius 1 is 0.467 bits per heavy atom. The van der Waals surface area contributed by atoms with Gasteiger partial charge in [-0.05, 0) is 11.8 Å². The molecule has 0 bridgehead atoms. The summed E-state index contributed by atoms with van der Waals surface area (Å²) in [6.45, 7) is 29.0. The molecule has 0 aliphatic heterocycles. The first kappa shape index (κ1) is 47.4. The third-order valence-electron chi connectivity index (χ3n) is 3.72. The van der Waals surface area contributed by atoms with Crippen molar-refractivity contribution in [1.82, 2.24) is 0 Å².